The van der Waals surface area contributed by atoms with Gasteiger partial charge < -0.3 is 66.1 Å². The summed E-state index contributed by atoms with van der Waals surface area (Å²) in [6.07, 6.45) is -8.57. The maximum Gasteiger partial charge on any atom is 0.329 e. The van der Waals surface area contributed by atoms with E-state index in [-0.39, 0.29) is 37.6 Å². The van der Waals surface area contributed by atoms with Gasteiger partial charge in [-0.1, -0.05) is 111 Å². The number of carbonyl (C=O) groups is 12. The molecule has 1 saturated heterocycles. The normalized spacial score (nSPS) is 28.0. The van der Waals surface area contributed by atoms with Crippen LogP contribution in [-0.4, -0.2) is 151 Å². The molecule has 0 unspecified atom stereocenters. The Hall–Kier alpha value is -6.40. The molecular weight excluding hydrogens is 1070 g/mol. The quantitative estimate of drug-likeness (QED) is 0.0746. The van der Waals surface area contributed by atoms with Crippen LogP contribution in [0.25, 0.3) is 0 Å². The fourth-order valence-corrected chi connectivity index (χ4v) is 8.09. The minimum absolute atomic E-state index is 0.0381. The van der Waals surface area contributed by atoms with E-state index in [1.807, 2.05) is 0 Å². The van der Waals surface area contributed by atoms with Gasteiger partial charge in [0.2, 0.25) is 0 Å². The number of esters is 6. The summed E-state index contributed by atoms with van der Waals surface area (Å²) in [4.78, 5) is 166. The van der Waals surface area contributed by atoms with Gasteiger partial charge in [0.05, 0.1) is 0 Å². The molecule has 1 aliphatic heterocycles. The highest BCUT2D eigenvalue weighted by Gasteiger charge is 2.41. The SMILES string of the molecule is CC(C)C[C@H]1OC(=O)[C@H](C(C)C)NC(=O)[C@H](C(C)C)OC(=O)[C@@H](C)NC(=O)[C@@H](CCCCN)OC(=O)[C@H](C(C)C)NC(=O)[C@H](C(C)C)OC(=O)[C@@H](C)NC(=O)[C@@H](CC(C)C)OC(=O)[C@H](C(C)C)NC(=O)[C@H](C(C)C)OC(=O)[C@@H](C)NC1=O. The maximum atomic E-state index is 14.0. The standard InChI is InChI=1S/C57H97N7O18/c1-26(2)24-38-47(66)60-35(18)53(72)81-43(31(11)12)49(68)62-40(28(5)6)55(74)77-37(22-20-21-23-58)46(65)59-34(17)52(71)80-44(32(13)14)50(69)63-41(29(7)8)56(75)78-39(25-27(3)4)48(67)61-36(19)54(73)82-45(33(15)16)51(70)64-42(30(9)10)57(76)79-38/h26-45H,20-25,58H2,1-19H3,(H,59,65)(H,60,66)(H,61,67)(H,62,68)(H,63,69)(H,64,70)/t34-,35-,36-,37-,38-,39-,40+,41+,42+,43+,44+,45+/m1/s1. The monoisotopic (exact) mass is 1170 g/mol. The van der Waals surface area contributed by atoms with Gasteiger partial charge in [0.15, 0.2) is 36.6 Å². The molecule has 0 aromatic carbocycles. The van der Waals surface area contributed by atoms with E-state index in [9.17, 15) is 57.5 Å². The van der Waals surface area contributed by atoms with Crippen molar-refractivity contribution in [1.82, 2.24) is 31.9 Å². The van der Waals surface area contributed by atoms with Crippen molar-refractivity contribution in [3.05, 3.63) is 0 Å². The third kappa shape index (κ3) is 24.2. The van der Waals surface area contributed by atoms with Crippen molar-refractivity contribution in [2.45, 2.75) is 237 Å². The number of hydrogen-bond donors (Lipinski definition) is 7. The number of amides is 6. The van der Waals surface area contributed by atoms with Gasteiger partial charge in [0.1, 0.15) is 36.3 Å². The lowest BCUT2D eigenvalue weighted by molar-refractivity contribution is -0.167. The molecule has 0 bridgehead atoms. The highest BCUT2D eigenvalue weighted by Crippen LogP contribution is 2.20. The highest BCUT2D eigenvalue weighted by molar-refractivity contribution is 5.95. The molecule has 0 saturated carbocycles. The highest BCUT2D eigenvalue weighted by atomic mass is 16.6. The minimum atomic E-state index is -1.53. The predicted octanol–water partition coefficient (Wildman–Crippen LogP) is 2.60. The topological polar surface area (TPSA) is 358 Å². The van der Waals surface area contributed by atoms with E-state index in [0.717, 1.165) is 0 Å². The van der Waals surface area contributed by atoms with Gasteiger partial charge in [-0.15, -0.1) is 0 Å². The number of carbonyl (C=O) groups excluding carboxylic acids is 12. The first kappa shape index (κ1) is 73.6. The molecule has 8 N–H and O–H groups in total. The van der Waals surface area contributed by atoms with Crippen LogP contribution in [0.2, 0.25) is 0 Å². The van der Waals surface area contributed by atoms with Crippen molar-refractivity contribution in [1.29, 1.82) is 0 Å². The zero-order chi connectivity index (χ0) is 63.2. The van der Waals surface area contributed by atoms with Crippen LogP contribution < -0.4 is 37.6 Å². The summed E-state index contributed by atoms with van der Waals surface area (Å²) in [5, 5.41) is 15.1. The molecule has 468 valence electrons. The molecule has 0 aromatic heterocycles. The van der Waals surface area contributed by atoms with Crippen LogP contribution in [0, 0.1) is 47.3 Å². The van der Waals surface area contributed by atoms with Crippen molar-refractivity contribution >= 4 is 71.3 Å². The number of ether oxygens (including phenoxy) is 6. The molecule has 0 spiro atoms. The van der Waals surface area contributed by atoms with Crippen molar-refractivity contribution < 1.29 is 86.0 Å². The Morgan fingerprint density at radius 2 is 0.585 bits per heavy atom. The van der Waals surface area contributed by atoms with Crippen LogP contribution in [0.15, 0.2) is 0 Å². The Kier molecular flexibility index (Phi) is 31.3. The lowest BCUT2D eigenvalue weighted by atomic mass is 10.0. The number of nitrogens with two attached hydrogens (primary N) is 1. The molecule has 25 heteroatoms. The number of rotatable bonds is 14. The first-order valence-electron chi connectivity index (χ1n) is 28.7. The van der Waals surface area contributed by atoms with Crippen LogP contribution in [0.1, 0.15) is 164 Å². The number of unbranched alkanes of at least 4 members (excludes halogenated alkanes) is 1. The van der Waals surface area contributed by atoms with Crippen LogP contribution in [0.4, 0.5) is 0 Å². The average Bonchev–Trinajstić information content (AvgIpc) is 3.37. The van der Waals surface area contributed by atoms with Gasteiger partial charge in [-0.25, -0.2) is 28.8 Å². The van der Waals surface area contributed by atoms with Crippen molar-refractivity contribution in [3.63, 3.8) is 0 Å². The summed E-state index contributed by atoms with van der Waals surface area (Å²) in [5.74, 6) is -16.3. The molecule has 0 radical (unpaired) electrons. The second-order valence-corrected chi connectivity index (χ2v) is 24.0. The molecule has 6 amide bonds. The molecule has 12 atom stereocenters. The second kappa shape index (κ2) is 34.9. The third-order valence-corrected chi connectivity index (χ3v) is 13.1. The summed E-state index contributed by atoms with van der Waals surface area (Å²) in [5.41, 5.74) is 5.72. The van der Waals surface area contributed by atoms with E-state index in [1.165, 1.54) is 20.8 Å². The largest absolute Gasteiger partial charge is 0.451 e. The fourth-order valence-electron chi connectivity index (χ4n) is 8.09. The summed E-state index contributed by atoms with van der Waals surface area (Å²) in [6.45, 7) is 30.1. The van der Waals surface area contributed by atoms with Gasteiger partial charge >= 0.3 is 35.8 Å². The smallest absolute Gasteiger partial charge is 0.329 e. The molecule has 1 rings (SSSR count). The van der Waals surface area contributed by atoms with Crippen molar-refractivity contribution in [3.8, 4) is 0 Å². The van der Waals surface area contributed by atoms with Crippen molar-refractivity contribution in [2.24, 2.45) is 53.1 Å². The number of nitrogens with one attached hydrogen (secondary N) is 6. The van der Waals surface area contributed by atoms with Crippen LogP contribution in [0.5, 0.6) is 0 Å². The van der Waals surface area contributed by atoms with E-state index in [0.29, 0.717) is 12.8 Å². The van der Waals surface area contributed by atoms with Gasteiger partial charge in [0, 0.05) is 0 Å². The molecule has 1 heterocycles. The fraction of sp³-hybridized carbons (Fsp3) is 0.789. The Balaban J connectivity index is 3.94. The molecule has 1 aliphatic rings. The van der Waals surface area contributed by atoms with Gasteiger partial charge in [0.25, 0.3) is 35.4 Å². The predicted molar refractivity (Wildman–Crippen MR) is 299 cm³/mol. The summed E-state index contributed by atoms with van der Waals surface area (Å²) in [7, 11) is 0. The zero-order valence-corrected chi connectivity index (χ0v) is 51.7. The summed E-state index contributed by atoms with van der Waals surface area (Å²) < 4.78 is 34.1. The molecule has 0 aromatic rings. The molecule has 0 aliphatic carbocycles. The van der Waals surface area contributed by atoms with Crippen LogP contribution in [0.3, 0.4) is 0 Å². The van der Waals surface area contributed by atoms with E-state index >= 15 is 0 Å². The van der Waals surface area contributed by atoms with E-state index < -0.39 is 180 Å². The Morgan fingerprint density at radius 3 is 0.817 bits per heavy atom. The van der Waals surface area contributed by atoms with Gasteiger partial charge in [-0.05, 0) is 107 Å². The van der Waals surface area contributed by atoms with E-state index in [1.54, 1.807) is 111 Å². The Bertz CT molecular complexity index is 2180. The van der Waals surface area contributed by atoms with Gasteiger partial charge in [-0.3, -0.25) is 28.8 Å². The Labute approximate surface area is 483 Å². The number of hydrogen-bond acceptors (Lipinski definition) is 19. The van der Waals surface area contributed by atoms with E-state index in [4.69, 9.17) is 34.2 Å². The second-order valence-electron chi connectivity index (χ2n) is 24.0. The minimum Gasteiger partial charge on any atom is -0.451 e. The summed E-state index contributed by atoms with van der Waals surface area (Å²) in [6, 6.07) is -8.51. The Morgan fingerprint density at radius 1 is 0.329 bits per heavy atom. The third-order valence-electron chi connectivity index (χ3n) is 13.1. The van der Waals surface area contributed by atoms with E-state index in [2.05, 4.69) is 31.9 Å². The van der Waals surface area contributed by atoms with Crippen LogP contribution in [-0.2, 0) is 86.0 Å². The molecular formula is C57H97N7O18. The first-order chi connectivity index (χ1) is 37.9. The van der Waals surface area contributed by atoms with Crippen molar-refractivity contribution in [2.75, 3.05) is 6.54 Å². The molecule has 1 fully saturated rings. The average molecular weight is 1170 g/mol. The molecule has 25 nitrogen and oxygen atoms in total. The molecule has 82 heavy (non-hydrogen) atoms. The van der Waals surface area contributed by atoms with Gasteiger partial charge in [-0.2, -0.15) is 0 Å². The summed E-state index contributed by atoms with van der Waals surface area (Å²) >= 11 is 0. The lowest BCUT2D eigenvalue weighted by Crippen LogP contribution is -2.55. The first-order valence-corrected chi connectivity index (χ1v) is 28.7. The number of cyclic esters (lactones) is 6. The maximum absolute atomic E-state index is 14.0. The zero-order valence-electron chi connectivity index (χ0n) is 51.7. The lowest BCUT2D eigenvalue weighted by Gasteiger charge is -2.29. The van der Waals surface area contributed by atoms with Crippen LogP contribution >= 0.6 is 0 Å².